The van der Waals surface area contributed by atoms with Crippen molar-refractivity contribution in [2.24, 2.45) is 0 Å². The second-order valence-corrected chi connectivity index (χ2v) is 59.7. The van der Waals surface area contributed by atoms with Crippen molar-refractivity contribution >= 4 is 107 Å². The van der Waals surface area contributed by atoms with Crippen molar-refractivity contribution in [3.05, 3.63) is 527 Å². The molecule has 0 radical (unpaired) electrons. The average molecular weight is 2060 g/mol. The highest BCUT2D eigenvalue weighted by Gasteiger charge is 2.51. The van der Waals surface area contributed by atoms with Crippen LogP contribution in [0.25, 0.3) is 0 Å². The molecule has 21 rings (SSSR count). The summed E-state index contributed by atoms with van der Waals surface area (Å²) in [6.07, 6.45) is 22.9. The van der Waals surface area contributed by atoms with Crippen LogP contribution >= 0.6 is 64.6 Å². The zero-order valence-corrected chi connectivity index (χ0v) is 94.4. The predicted molar refractivity (Wildman–Crippen MR) is 647 cm³/mol. The minimum Gasteiger partial charge on any atom is -0.251 e. The van der Waals surface area contributed by atoms with Gasteiger partial charge in [0.05, 0.1) is 0 Å². The van der Waals surface area contributed by atoms with E-state index in [9.17, 15) is 0 Å². The van der Waals surface area contributed by atoms with Gasteiger partial charge in [-0.05, 0) is 266 Å². The number of aryl methyl sites for hydroxylation is 5. The summed E-state index contributed by atoms with van der Waals surface area (Å²) in [5, 5.41) is 12.0. The molecule has 0 N–H and O–H groups in total. The summed E-state index contributed by atoms with van der Waals surface area (Å²) in [6, 6.07) is 172. The molecule has 0 aromatic heterocycles. The molecule has 4 aliphatic heterocycles. The zero-order chi connectivity index (χ0) is 100. The van der Waals surface area contributed by atoms with E-state index < -0.39 is 64.6 Å². The van der Waals surface area contributed by atoms with Crippen molar-refractivity contribution < 1.29 is 0 Å². The lowest BCUT2D eigenvalue weighted by Gasteiger charge is -2.46. The second kappa shape index (κ2) is 54.5. The molecule has 16 aromatic rings. The molecule has 12 heteroatoms. The summed E-state index contributed by atoms with van der Waals surface area (Å²) in [5.41, 5.74) is 24.0. The van der Waals surface area contributed by atoms with Gasteiger partial charge in [-0.3, -0.25) is 13.3 Å². The molecule has 0 bridgehead atoms. The molecule has 5 aliphatic rings. The van der Waals surface area contributed by atoms with Crippen molar-refractivity contribution in [1.29, 1.82) is 0 Å². The summed E-state index contributed by atoms with van der Waals surface area (Å²) >= 11 is 0. The Morgan fingerprint density at radius 3 is 0.671 bits per heavy atom. The fourth-order valence-electron chi connectivity index (χ4n) is 23.0. The molecule has 746 valence electrons. The maximum absolute atomic E-state index is 3.13. The molecule has 16 aromatic carbocycles. The topological polar surface area (TPSA) is 13.0 Å². The molecule has 146 heavy (non-hydrogen) atoms. The van der Waals surface area contributed by atoms with Crippen LogP contribution in [-0.4, -0.2) is 43.4 Å². The number of unbranched alkanes of at least 4 members (excludes halogenated alkanes) is 3. The first kappa shape index (κ1) is 107. The molecule has 4 heterocycles. The number of nitrogens with zero attached hydrogens (tertiary/aromatic N) is 4. The number of benzene rings is 16. The Morgan fingerprint density at radius 2 is 0.418 bits per heavy atom. The molecular formula is C134H150N4P8. The Balaban J connectivity index is 0.000000128. The van der Waals surface area contributed by atoms with E-state index in [4.69, 9.17) is 0 Å². The predicted octanol–water partition coefficient (Wildman–Crippen LogP) is 36.9. The SMILES string of the molecule is CCCCN(P(c1cccc(C)c1)c1cccc(C)c1)P1C(c2ccccc2)CC[C@H]1c1ccccc1.CCCCN(P(c1ccccc1)c1ccccc1C)P1[C@H](c2ccccc2)CC[C@H]1c1ccccc1.CCCCN(P(c1ccccc1C)c1ccccc1C)P1[C@H](c2ccccc2)CC[C@H]1c1ccccc1.c1ccc(C2CC[C@@H](c3ccccc3)P2N(C2CCCC2)P(c2ccccc2)c2ccccc2)cc1. The van der Waals surface area contributed by atoms with E-state index in [1.54, 1.807) is 11.1 Å². The number of hydrogen-bond acceptors (Lipinski definition) is 4. The van der Waals surface area contributed by atoms with E-state index in [2.05, 4.69) is 528 Å². The lowest BCUT2D eigenvalue weighted by atomic mass is 10.0. The van der Waals surface area contributed by atoms with Crippen molar-refractivity contribution in [2.75, 3.05) is 19.6 Å². The summed E-state index contributed by atoms with van der Waals surface area (Å²) < 4.78 is 12.2. The molecule has 5 unspecified atom stereocenters. The van der Waals surface area contributed by atoms with Crippen LogP contribution < -0.4 is 42.4 Å². The molecule has 4 saturated heterocycles. The molecular weight excluding hydrogens is 1910 g/mol. The lowest BCUT2D eigenvalue weighted by Crippen LogP contribution is -2.33. The van der Waals surface area contributed by atoms with Crippen LogP contribution in [0.3, 0.4) is 0 Å². The fourth-order valence-corrected chi connectivity index (χ4v) is 54.0. The first-order chi connectivity index (χ1) is 72.0. The fraction of sp³-hybridized carbons (Fsp3) is 0.284. The van der Waals surface area contributed by atoms with Crippen LogP contribution in [0.4, 0.5) is 0 Å². The third-order valence-electron chi connectivity index (χ3n) is 30.1. The van der Waals surface area contributed by atoms with Crippen LogP contribution in [0.1, 0.15) is 254 Å². The van der Waals surface area contributed by atoms with Crippen LogP contribution in [0, 0.1) is 34.6 Å². The Labute approximate surface area is 887 Å². The van der Waals surface area contributed by atoms with Gasteiger partial charge in [-0.25, -0.2) is 4.44 Å². The van der Waals surface area contributed by atoms with Crippen LogP contribution in [0.15, 0.2) is 455 Å². The molecule has 0 amide bonds. The smallest absolute Gasteiger partial charge is 0.0324 e. The van der Waals surface area contributed by atoms with Crippen LogP contribution in [0.5, 0.6) is 0 Å². The van der Waals surface area contributed by atoms with Gasteiger partial charge in [0.2, 0.25) is 0 Å². The van der Waals surface area contributed by atoms with Crippen molar-refractivity contribution in [2.45, 2.75) is 222 Å². The van der Waals surface area contributed by atoms with Gasteiger partial charge < -0.3 is 0 Å². The average Bonchev–Trinajstić information content (AvgIpc) is 1.55. The van der Waals surface area contributed by atoms with E-state index in [-0.39, 0.29) is 0 Å². The minimum atomic E-state index is -0.650. The summed E-state index contributed by atoms with van der Waals surface area (Å²) in [7, 11) is -4.28. The molecule has 1 aliphatic carbocycles. The van der Waals surface area contributed by atoms with Gasteiger partial charge in [0.25, 0.3) is 0 Å². The number of hydrogen-bond donors (Lipinski definition) is 0. The van der Waals surface area contributed by atoms with E-state index in [1.165, 1.54) is 219 Å². The van der Waals surface area contributed by atoms with Crippen LogP contribution in [-0.2, 0) is 0 Å². The zero-order valence-electron chi connectivity index (χ0n) is 87.2. The van der Waals surface area contributed by atoms with Crippen LogP contribution in [0.2, 0.25) is 0 Å². The standard InChI is InChI=1S/2C34H39NP2.C33H35NP2.C33H37NP2/c1-4-5-26-35(36(31-22-14-12-16-27(31)2)32-23-15-13-17-28(32)3)37-33(29-18-8-6-9-19-29)24-25-34(37)30-20-10-7-11-21-30;1-4-5-24-35(36(31-20-12-14-27(2)25-31)32-21-13-15-28(3)26-32)37-33(29-16-8-6-9-17-29)22-23-34(37)30-18-10-7-11-19-30;1-5-15-27(16-6-1)32-25-26-33(28-17-7-2-8-18-28)36(32)34(29-19-13-14-20-29)35(30-21-9-3-10-22-30)31-23-11-4-12-24-31;1-3-4-26-34(35(30-21-12-7-13-22-30)31-23-15-14-16-27(31)2)36-32(28-17-8-5-9-18-28)24-25-33(36)29-19-10-6-11-20-29/h6-23,33-34H,4-5,24-26H2,1-3H3;6-21,25-26,33-34H,4-5,22-24H2,1-3H3;1-12,15-18,21-24,29,32-33H,13-14,19-20,25-26H2;5-23,32-33H,3-4,24-26H2,1-2H3/t33-,34-;33-,34?,37?;32-,33?,36?;32-,33-,35?/m0000/s1. The van der Waals surface area contributed by atoms with Gasteiger partial charge in [-0.2, -0.15) is 0 Å². The van der Waals surface area contributed by atoms with E-state index in [0.29, 0.717) is 51.3 Å². The second-order valence-electron chi connectivity index (χ2n) is 40.1. The van der Waals surface area contributed by atoms with Gasteiger partial charge in [-0.15, -0.1) is 0 Å². The normalized spacial score (nSPS) is 19.7. The monoisotopic (exact) mass is 2060 g/mol. The third-order valence-corrected chi connectivity index (χ3v) is 56.8. The number of rotatable bonds is 34. The highest BCUT2D eigenvalue weighted by atomic mass is 31.2. The Bertz CT molecular complexity index is 6240. The van der Waals surface area contributed by atoms with Gasteiger partial charge in [0.15, 0.2) is 0 Å². The summed E-state index contributed by atoms with van der Waals surface area (Å²) in [5.74, 6) is 0. The van der Waals surface area contributed by atoms with E-state index in [1.807, 2.05) is 0 Å². The molecule has 4 nitrogen and oxygen atoms in total. The maximum Gasteiger partial charge on any atom is 0.0324 e. The molecule has 0 spiro atoms. The third kappa shape index (κ3) is 26.3. The maximum atomic E-state index is 3.13. The summed E-state index contributed by atoms with van der Waals surface area (Å²) in [6.45, 7) is 21.9. The van der Waals surface area contributed by atoms with E-state index >= 15 is 0 Å². The van der Waals surface area contributed by atoms with Gasteiger partial charge in [0, 0.05) is 103 Å². The van der Waals surface area contributed by atoms with Gasteiger partial charge >= 0.3 is 0 Å². The van der Waals surface area contributed by atoms with E-state index in [0.717, 1.165) is 19.6 Å². The quantitative estimate of drug-likeness (QED) is 0.0373. The Morgan fingerprint density at radius 1 is 0.205 bits per heavy atom. The highest BCUT2D eigenvalue weighted by molar-refractivity contribution is 7.81. The first-order valence-electron chi connectivity index (χ1n) is 54.3. The minimum absolute atomic E-state index is 0.423. The van der Waals surface area contributed by atoms with Gasteiger partial charge in [-0.1, -0.05) is 507 Å². The molecule has 1 saturated carbocycles. The lowest BCUT2D eigenvalue weighted by molar-refractivity contribution is 0.499. The van der Waals surface area contributed by atoms with Crippen molar-refractivity contribution in [3.63, 3.8) is 0 Å². The Kier molecular flexibility index (Phi) is 39.8. The summed E-state index contributed by atoms with van der Waals surface area (Å²) in [4.78, 5) is 0. The highest BCUT2D eigenvalue weighted by Crippen LogP contribution is 2.81. The Hall–Kier alpha value is -9.20. The van der Waals surface area contributed by atoms with Crippen molar-refractivity contribution in [3.8, 4) is 0 Å². The van der Waals surface area contributed by atoms with Gasteiger partial charge in [0.1, 0.15) is 0 Å². The molecule has 5 fully saturated rings. The molecule has 11 atom stereocenters. The first-order valence-corrected chi connectivity index (χ1v) is 65.2. The largest absolute Gasteiger partial charge is 0.251 e. The van der Waals surface area contributed by atoms with Crippen molar-refractivity contribution in [1.82, 2.24) is 17.8 Å².